The molecule has 1 aromatic heterocycles. The summed E-state index contributed by atoms with van der Waals surface area (Å²) in [5, 5.41) is 4.16. The van der Waals surface area contributed by atoms with Gasteiger partial charge in [0.1, 0.15) is 0 Å². The van der Waals surface area contributed by atoms with Crippen molar-refractivity contribution in [2.45, 2.75) is 69.7 Å². The minimum absolute atomic E-state index is 0.320. The lowest BCUT2D eigenvalue weighted by Gasteiger charge is -2.27. The van der Waals surface area contributed by atoms with E-state index in [1.807, 2.05) is 0 Å². The highest BCUT2D eigenvalue weighted by molar-refractivity contribution is 4.99. The second kappa shape index (κ2) is 5.39. The summed E-state index contributed by atoms with van der Waals surface area (Å²) in [6.45, 7) is 0. The van der Waals surface area contributed by atoms with Gasteiger partial charge in [0.2, 0.25) is 5.89 Å². The minimum atomic E-state index is 0.320. The number of aromatic nitrogens is 2. The van der Waals surface area contributed by atoms with Crippen molar-refractivity contribution in [1.82, 2.24) is 10.1 Å². The molecule has 3 rings (SSSR count). The summed E-state index contributed by atoms with van der Waals surface area (Å²) in [6.07, 6.45) is 10.9. The number of nitrogens with two attached hydrogens (primary N) is 1. The molecule has 0 amide bonds. The summed E-state index contributed by atoms with van der Waals surface area (Å²) in [4.78, 5) is 4.59. The smallest absolute Gasteiger partial charge is 0.226 e. The van der Waals surface area contributed by atoms with Crippen LogP contribution in [0.15, 0.2) is 4.52 Å². The zero-order valence-corrected chi connectivity index (χ0v) is 11.0. The molecule has 0 saturated heterocycles. The summed E-state index contributed by atoms with van der Waals surface area (Å²) in [6, 6.07) is 0.320. The molecular formula is C14H23N3O. The van der Waals surface area contributed by atoms with E-state index in [0.717, 1.165) is 24.6 Å². The Labute approximate surface area is 108 Å². The molecule has 4 heteroatoms. The molecule has 18 heavy (non-hydrogen) atoms. The Morgan fingerprint density at radius 3 is 2.56 bits per heavy atom. The Hall–Kier alpha value is -0.900. The third kappa shape index (κ3) is 2.58. The molecule has 0 bridgehead atoms. The van der Waals surface area contributed by atoms with Gasteiger partial charge in [-0.2, -0.15) is 4.98 Å². The predicted octanol–water partition coefficient (Wildman–Crippen LogP) is 2.79. The molecule has 0 spiro atoms. The van der Waals surface area contributed by atoms with Crippen LogP contribution in [0.3, 0.4) is 0 Å². The van der Waals surface area contributed by atoms with Gasteiger partial charge in [-0.15, -0.1) is 0 Å². The number of hydrogen-bond donors (Lipinski definition) is 1. The zero-order valence-electron chi connectivity index (χ0n) is 11.0. The molecule has 2 unspecified atom stereocenters. The number of hydrogen-bond acceptors (Lipinski definition) is 4. The van der Waals surface area contributed by atoms with Crippen LogP contribution < -0.4 is 5.73 Å². The van der Waals surface area contributed by atoms with Crippen molar-refractivity contribution in [3.05, 3.63) is 11.7 Å². The molecule has 0 radical (unpaired) electrons. The normalized spacial score (nSPS) is 29.8. The van der Waals surface area contributed by atoms with Crippen LogP contribution in [0.5, 0.6) is 0 Å². The van der Waals surface area contributed by atoms with Crippen LogP contribution in [-0.2, 0) is 6.42 Å². The van der Waals surface area contributed by atoms with Gasteiger partial charge in [0.25, 0.3) is 0 Å². The van der Waals surface area contributed by atoms with E-state index in [0.29, 0.717) is 17.9 Å². The van der Waals surface area contributed by atoms with E-state index in [4.69, 9.17) is 10.3 Å². The van der Waals surface area contributed by atoms with Crippen molar-refractivity contribution in [2.24, 2.45) is 11.7 Å². The van der Waals surface area contributed by atoms with E-state index in [2.05, 4.69) is 10.1 Å². The van der Waals surface area contributed by atoms with Crippen molar-refractivity contribution in [1.29, 1.82) is 0 Å². The second-order valence-corrected chi connectivity index (χ2v) is 5.94. The van der Waals surface area contributed by atoms with Gasteiger partial charge in [-0.3, -0.25) is 0 Å². The summed E-state index contributed by atoms with van der Waals surface area (Å²) in [5.74, 6) is 2.82. The van der Waals surface area contributed by atoms with E-state index >= 15 is 0 Å². The van der Waals surface area contributed by atoms with Crippen LogP contribution in [0.1, 0.15) is 69.0 Å². The van der Waals surface area contributed by atoms with Gasteiger partial charge >= 0.3 is 0 Å². The summed E-state index contributed by atoms with van der Waals surface area (Å²) >= 11 is 0. The average molecular weight is 249 g/mol. The first-order valence-electron chi connectivity index (χ1n) is 7.41. The first-order valence-corrected chi connectivity index (χ1v) is 7.41. The van der Waals surface area contributed by atoms with Gasteiger partial charge in [-0.05, 0) is 31.6 Å². The van der Waals surface area contributed by atoms with E-state index in [1.165, 1.54) is 44.9 Å². The fraction of sp³-hybridized carbons (Fsp3) is 0.857. The van der Waals surface area contributed by atoms with Crippen molar-refractivity contribution in [2.75, 3.05) is 0 Å². The standard InChI is InChI=1S/C14H23N3O/c15-12-8-4-3-7-11(12)9-13-16-14(17-18-13)10-5-1-2-6-10/h10-12H,1-9,15H2. The molecule has 0 aromatic carbocycles. The second-order valence-electron chi connectivity index (χ2n) is 5.94. The van der Waals surface area contributed by atoms with Crippen molar-refractivity contribution in [3.8, 4) is 0 Å². The SMILES string of the molecule is NC1CCCCC1Cc1nc(C2CCCC2)no1. The molecule has 2 N–H and O–H groups in total. The fourth-order valence-corrected chi connectivity index (χ4v) is 3.41. The molecule has 100 valence electrons. The van der Waals surface area contributed by atoms with Gasteiger partial charge < -0.3 is 10.3 Å². The van der Waals surface area contributed by atoms with Crippen LogP contribution >= 0.6 is 0 Å². The topological polar surface area (TPSA) is 64.9 Å². The van der Waals surface area contributed by atoms with Crippen molar-refractivity contribution < 1.29 is 4.52 Å². The zero-order chi connectivity index (χ0) is 12.4. The van der Waals surface area contributed by atoms with E-state index in [9.17, 15) is 0 Å². The summed E-state index contributed by atoms with van der Waals surface area (Å²) < 4.78 is 5.41. The van der Waals surface area contributed by atoms with E-state index < -0.39 is 0 Å². The Morgan fingerprint density at radius 2 is 1.78 bits per heavy atom. The Morgan fingerprint density at radius 1 is 1.06 bits per heavy atom. The molecule has 2 aliphatic rings. The number of rotatable bonds is 3. The van der Waals surface area contributed by atoms with Crippen LogP contribution in [0.4, 0.5) is 0 Å². The van der Waals surface area contributed by atoms with Crippen LogP contribution in [0, 0.1) is 5.92 Å². The highest BCUT2D eigenvalue weighted by atomic mass is 16.5. The van der Waals surface area contributed by atoms with Crippen LogP contribution in [0.2, 0.25) is 0 Å². The Balaban J connectivity index is 1.62. The monoisotopic (exact) mass is 249 g/mol. The lowest BCUT2D eigenvalue weighted by Crippen LogP contribution is -2.34. The molecule has 2 saturated carbocycles. The maximum atomic E-state index is 6.17. The fourth-order valence-electron chi connectivity index (χ4n) is 3.41. The molecule has 2 atom stereocenters. The third-order valence-corrected chi connectivity index (χ3v) is 4.61. The molecular weight excluding hydrogens is 226 g/mol. The van der Waals surface area contributed by atoms with Gasteiger partial charge in [-0.25, -0.2) is 0 Å². The average Bonchev–Trinajstić information content (AvgIpc) is 3.02. The van der Waals surface area contributed by atoms with Gasteiger partial charge in [0, 0.05) is 18.4 Å². The predicted molar refractivity (Wildman–Crippen MR) is 69.1 cm³/mol. The molecule has 2 aliphatic carbocycles. The minimum Gasteiger partial charge on any atom is -0.339 e. The Kier molecular flexibility index (Phi) is 3.64. The van der Waals surface area contributed by atoms with Crippen molar-refractivity contribution in [3.63, 3.8) is 0 Å². The lowest BCUT2D eigenvalue weighted by atomic mass is 9.83. The third-order valence-electron chi connectivity index (χ3n) is 4.61. The lowest BCUT2D eigenvalue weighted by molar-refractivity contribution is 0.272. The summed E-state index contributed by atoms with van der Waals surface area (Å²) in [7, 11) is 0. The maximum absolute atomic E-state index is 6.17. The highest BCUT2D eigenvalue weighted by Crippen LogP contribution is 2.33. The largest absolute Gasteiger partial charge is 0.339 e. The number of nitrogens with zero attached hydrogens (tertiary/aromatic N) is 2. The summed E-state index contributed by atoms with van der Waals surface area (Å²) in [5.41, 5.74) is 6.17. The molecule has 0 aliphatic heterocycles. The molecule has 1 aromatic rings. The molecule has 2 fully saturated rings. The van der Waals surface area contributed by atoms with Crippen molar-refractivity contribution >= 4 is 0 Å². The van der Waals surface area contributed by atoms with Gasteiger partial charge in [0.05, 0.1) is 0 Å². The van der Waals surface area contributed by atoms with Crippen LogP contribution in [-0.4, -0.2) is 16.2 Å². The van der Waals surface area contributed by atoms with Crippen LogP contribution in [0.25, 0.3) is 0 Å². The van der Waals surface area contributed by atoms with E-state index in [-0.39, 0.29) is 0 Å². The quantitative estimate of drug-likeness (QED) is 0.894. The van der Waals surface area contributed by atoms with Gasteiger partial charge in [0.15, 0.2) is 5.82 Å². The Bertz CT molecular complexity index is 384. The highest BCUT2D eigenvalue weighted by Gasteiger charge is 2.26. The van der Waals surface area contributed by atoms with Gasteiger partial charge in [-0.1, -0.05) is 30.8 Å². The first kappa shape index (κ1) is 12.2. The molecule has 1 heterocycles. The first-order chi connectivity index (χ1) is 8.83. The molecule has 4 nitrogen and oxygen atoms in total. The maximum Gasteiger partial charge on any atom is 0.226 e. The van der Waals surface area contributed by atoms with E-state index in [1.54, 1.807) is 0 Å².